The van der Waals surface area contributed by atoms with Gasteiger partial charge in [0.05, 0.1) is 4.92 Å². The van der Waals surface area contributed by atoms with E-state index in [1.54, 1.807) is 6.07 Å². The summed E-state index contributed by atoms with van der Waals surface area (Å²) in [6.45, 7) is 0.336. The van der Waals surface area contributed by atoms with E-state index in [1.807, 2.05) is 0 Å². The fourth-order valence-corrected chi connectivity index (χ4v) is 2.90. The van der Waals surface area contributed by atoms with Crippen LogP contribution in [0.2, 0.25) is 0 Å². The molecule has 3 N–H and O–H groups in total. The number of nitro benzene ring substituents is 1. The van der Waals surface area contributed by atoms with Crippen LogP contribution in [0.15, 0.2) is 18.2 Å². The van der Waals surface area contributed by atoms with Crippen molar-refractivity contribution in [3.8, 4) is 0 Å². The molecule has 1 fully saturated rings. The van der Waals surface area contributed by atoms with Crippen LogP contribution in [0, 0.1) is 16.0 Å². The van der Waals surface area contributed by atoms with Crippen molar-refractivity contribution in [3.05, 3.63) is 39.4 Å². The predicted octanol–water partition coefficient (Wildman–Crippen LogP) is 1.54. The number of aliphatic hydroxyl groups excluding tert-OH is 1. The molecule has 21 heavy (non-hydrogen) atoms. The molecule has 1 aromatic carbocycles. The molecular formula is C14H18N2O5. The molecule has 2 rings (SSSR count). The summed E-state index contributed by atoms with van der Waals surface area (Å²) < 4.78 is 0. The first-order valence-corrected chi connectivity index (χ1v) is 6.88. The standard InChI is InChI=1S/C14H18N2O5/c17-8-10-4-1-5-11(10)15-7-9-3-2-6-12(16(20)21)13(9)14(18)19/h2-3,6,10-11,15,17H,1,4-5,7-8H2,(H,18,19). The first-order chi connectivity index (χ1) is 10.0. The van der Waals surface area contributed by atoms with Crippen molar-refractivity contribution in [2.75, 3.05) is 6.61 Å². The van der Waals surface area contributed by atoms with Crippen LogP contribution in [0.4, 0.5) is 5.69 Å². The van der Waals surface area contributed by atoms with Gasteiger partial charge in [0.15, 0.2) is 0 Å². The fourth-order valence-electron chi connectivity index (χ4n) is 2.90. The zero-order valence-corrected chi connectivity index (χ0v) is 11.5. The molecule has 0 bridgehead atoms. The number of carboxylic acid groups (broad SMARTS) is 1. The number of benzene rings is 1. The van der Waals surface area contributed by atoms with E-state index in [-0.39, 0.29) is 30.7 Å². The van der Waals surface area contributed by atoms with E-state index in [2.05, 4.69) is 5.32 Å². The van der Waals surface area contributed by atoms with Crippen molar-refractivity contribution in [1.82, 2.24) is 5.32 Å². The SMILES string of the molecule is O=C(O)c1c(CNC2CCCC2CO)cccc1[N+](=O)[O-]. The van der Waals surface area contributed by atoms with Gasteiger partial charge in [0.25, 0.3) is 5.69 Å². The number of aliphatic hydroxyl groups is 1. The first kappa shape index (κ1) is 15.4. The van der Waals surface area contributed by atoms with Gasteiger partial charge in [-0.15, -0.1) is 0 Å². The summed E-state index contributed by atoms with van der Waals surface area (Å²) in [5, 5.41) is 32.6. The molecule has 0 spiro atoms. The number of nitrogens with zero attached hydrogens (tertiary/aromatic N) is 1. The first-order valence-electron chi connectivity index (χ1n) is 6.88. The second-order valence-corrected chi connectivity index (χ2v) is 5.23. The third-order valence-electron chi connectivity index (χ3n) is 3.99. The Morgan fingerprint density at radius 2 is 2.19 bits per heavy atom. The second-order valence-electron chi connectivity index (χ2n) is 5.23. The smallest absolute Gasteiger partial charge is 0.343 e. The molecule has 0 aliphatic heterocycles. The van der Waals surface area contributed by atoms with Gasteiger partial charge in [0.2, 0.25) is 0 Å². The quantitative estimate of drug-likeness (QED) is 0.542. The summed E-state index contributed by atoms with van der Waals surface area (Å²) in [7, 11) is 0. The lowest BCUT2D eigenvalue weighted by Gasteiger charge is -2.19. The van der Waals surface area contributed by atoms with Gasteiger partial charge in [0, 0.05) is 25.3 Å². The highest BCUT2D eigenvalue weighted by molar-refractivity contribution is 5.94. The Labute approximate surface area is 121 Å². The maximum Gasteiger partial charge on any atom is 0.343 e. The topological polar surface area (TPSA) is 113 Å². The van der Waals surface area contributed by atoms with Gasteiger partial charge in [-0.25, -0.2) is 4.79 Å². The van der Waals surface area contributed by atoms with Gasteiger partial charge in [-0.1, -0.05) is 18.6 Å². The molecule has 7 heteroatoms. The van der Waals surface area contributed by atoms with E-state index in [1.165, 1.54) is 12.1 Å². The van der Waals surface area contributed by atoms with E-state index in [0.29, 0.717) is 5.56 Å². The van der Waals surface area contributed by atoms with Crippen molar-refractivity contribution >= 4 is 11.7 Å². The maximum absolute atomic E-state index is 11.3. The van der Waals surface area contributed by atoms with Crippen LogP contribution >= 0.6 is 0 Å². The molecule has 0 heterocycles. The maximum atomic E-state index is 11.3. The largest absolute Gasteiger partial charge is 0.477 e. The minimum Gasteiger partial charge on any atom is -0.477 e. The molecule has 0 aromatic heterocycles. The minimum absolute atomic E-state index is 0.0956. The Balaban J connectivity index is 2.18. The summed E-state index contributed by atoms with van der Waals surface area (Å²) in [6, 6.07) is 4.38. The molecule has 0 amide bonds. The lowest BCUT2D eigenvalue weighted by atomic mass is 10.0. The Bertz CT molecular complexity index is 546. The summed E-state index contributed by atoms with van der Waals surface area (Å²) >= 11 is 0. The molecule has 7 nitrogen and oxygen atoms in total. The van der Waals surface area contributed by atoms with Crippen LogP contribution in [0.25, 0.3) is 0 Å². The summed E-state index contributed by atoms with van der Waals surface area (Å²) in [4.78, 5) is 21.5. The average molecular weight is 294 g/mol. The van der Waals surface area contributed by atoms with Gasteiger partial charge in [-0.3, -0.25) is 10.1 Å². The van der Waals surface area contributed by atoms with E-state index in [4.69, 9.17) is 0 Å². The Kier molecular flexibility index (Phi) is 4.87. The van der Waals surface area contributed by atoms with E-state index in [9.17, 15) is 25.1 Å². The highest BCUT2D eigenvalue weighted by atomic mass is 16.6. The summed E-state index contributed by atoms with van der Waals surface area (Å²) in [5.74, 6) is -1.14. The van der Waals surface area contributed by atoms with Crippen LogP contribution < -0.4 is 5.32 Å². The van der Waals surface area contributed by atoms with Crippen LogP contribution in [0.3, 0.4) is 0 Å². The minimum atomic E-state index is -1.30. The molecule has 1 aliphatic rings. The number of carboxylic acids is 1. The number of rotatable bonds is 6. The van der Waals surface area contributed by atoms with Crippen LogP contribution in [0.1, 0.15) is 35.2 Å². The van der Waals surface area contributed by atoms with Gasteiger partial charge in [-0.2, -0.15) is 0 Å². The fraction of sp³-hybridized carbons (Fsp3) is 0.500. The van der Waals surface area contributed by atoms with E-state index in [0.717, 1.165) is 19.3 Å². The number of nitro groups is 1. The van der Waals surface area contributed by atoms with Crippen molar-refractivity contribution < 1.29 is 19.9 Å². The van der Waals surface area contributed by atoms with Gasteiger partial charge in [0.1, 0.15) is 5.56 Å². The number of nitrogens with one attached hydrogen (secondary N) is 1. The number of carbonyl (C=O) groups is 1. The zero-order valence-electron chi connectivity index (χ0n) is 11.5. The summed E-state index contributed by atoms with van der Waals surface area (Å²) in [5.41, 5.74) is -0.277. The van der Waals surface area contributed by atoms with Gasteiger partial charge >= 0.3 is 5.97 Å². The third kappa shape index (κ3) is 3.37. The van der Waals surface area contributed by atoms with Crippen LogP contribution in [-0.4, -0.2) is 33.8 Å². The lowest BCUT2D eigenvalue weighted by Crippen LogP contribution is -2.34. The average Bonchev–Trinajstić information content (AvgIpc) is 2.91. The molecule has 1 aromatic rings. The van der Waals surface area contributed by atoms with Crippen molar-refractivity contribution in [3.63, 3.8) is 0 Å². The molecule has 2 unspecified atom stereocenters. The van der Waals surface area contributed by atoms with Crippen molar-refractivity contribution in [1.29, 1.82) is 0 Å². The van der Waals surface area contributed by atoms with E-state index < -0.39 is 16.6 Å². The molecule has 1 aliphatic carbocycles. The van der Waals surface area contributed by atoms with E-state index >= 15 is 0 Å². The Morgan fingerprint density at radius 1 is 1.43 bits per heavy atom. The van der Waals surface area contributed by atoms with Gasteiger partial charge < -0.3 is 15.5 Å². The Hall–Kier alpha value is -1.99. The molecule has 114 valence electrons. The normalized spacial score (nSPS) is 21.4. The number of hydrogen-bond donors (Lipinski definition) is 3. The third-order valence-corrected chi connectivity index (χ3v) is 3.99. The lowest BCUT2D eigenvalue weighted by molar-refractivity contribution is -0.385. The highest BCUT2D eigenvalue weighted by Gasteiger charge is 2.28. The van der Waals surface area contributed by atoms with Gasteiger partial charge in [-0.05, 0) is 24.3 Å². The second kappa shape index (κ2) is 6.64. The molecule has 1 saturated carbocycles. The molecule has 2 atom stereocenters. The molecule has 0 saturated heterocycles. The summed E-state index contributed by atoms with van der Waals surface area (Å²) in [6.07, 6.45) is 2.88. The highest BCUT2D eigenvalue weighted by Crippen LogP contribution is 2.27. The number of aromatic carboxylic acids is 1. The predicted molar refractivity (Wildman–Crippen MR) is 75.1 cm³/mol. The van der Waals surface area contributed by atoms with Crippen molar-refractivity contribution in [2.45, 2.75) is 31.8 Å². The number of hydrogen-bond acceptors (Lipinski definition) is 5. The molecular weight excluding hydrogens is 276 g/mol. The Morgan fingerprint density at radius 3 is 2.81 bits per heavy atom. The molecule has 0 radical (unpaired) electrons. The zero-order chi connectivity index (χ0) is 15.4. The van der Waals surface area contributed by atoms with Crippen molar-refractivity contribution in [2.24, 2.45) is 5.92 Å². The monoisotopic (exact) mass is 294 g/mol. The van der Waals surface area contributed by atoms with Crippen LogP contribution in [0.5, 0.6) is 0 Å². The van der Waals surface area contributed by atoms with Crippen LogP contribution in [-0.2, 0) is 6.54 Å².